The van der Waals surface area contributed by atoms with E-state index in [2.05, 4.69) is 27.4 Å². The minimum Gasteiger partial charge on any atom is -0.376 e. The highest BCUT2D eigenvalue weighted by Gasteiger charge is 2.36. The summed E-state index contributed by atoms with van der Waals surface area (Å²) in [5, 5.41) is 0. The standard InChI is InChI=1S/C52H75NO12/c1-5-9-27-61-44(30-53-51(54)49-24-18-19-25-50(49)52(53)55)33-57-38-47(64-31-42-20-14-12-15-21-42)40-60-41-48(65-32-43-22-16-13-17-23-43)39-59-37-46(63-29-11-7-3)36-58-35-45(34-56-26-8-4)62-28-10-6-2/h8,12-25,44-48H,4-7,9-11,26-41H2,1-3H3. The van der Waals surface area contributed by atoms with Crippen LogP contribution < -0.4 is 0 Å². The Labute approximate surface area is 387 Å². The first-order valence-corrected chi connectivity index (χ1v) is 23.6. The lowest BCUT2D eigenvalue weighted by Crippen LogP contribution is -2.41. The highest BCUT2D eigenvalue weighted by atomic mass is 16.6. The Morgan fingerprint density at radius 2 is 0.800 bits per heavy atom. The van der Waals surface area contributed by atoms with Crippen molar-refractivity contribution >= 4 is 11.8 Å². The van der Waals surface area contributed by atoms with E-state index in [-0.39, 0.29) is 63.6 Å². The largest absolute Gasteiger partial charge is 0.376 e. The maximum absolute atomic E-state index is 13.2. The summed E-state index contributed by atoms with van der Waals surface area (Å²) in [6.07, 6.45) is 5.61. The van der Waals surface area contributed by atoms with Gasteiger partial charge in [0, 0.05) is 19.8 Å². The number of hydrogen-bond acceptors (Lipinski definition) is 12. The number of carbonyl (C=O) groups is 2. The molecular weight excluding hydrogens is 831 g/mol. The van der Waals surface area contributed by atoms with Crippen LogP contribution in [0.5, 0.6) is 0 Å². The Kier molecular flexibility index (Phi) is 27.8. The number of hydrogen-bond donors (Lipinski definition) is 0. The number of nitrogens with zero attached hydrogens (tertiary/aromatic N) is 1. The Hall–Kier alpha value is -3.86. The molecule has 0 aliphatic carbocycles. The highest BCUT2D eigenvalue weighted by Crippen LogP contribution is 2.23. The average molecular weight is 906 g/mol. The molecule has 1 aliphatic rings. The molecule has 0 radical (unpaired) electrons. The van der Waals surface area contributed by atoms with E-state index in [4.69, 9.17) is 47.4 Å². The van der Waals surface area contributed by atoms with Crippen molar-refractivity contribution in [1.82, 2.24) is 4.90 Å². The van der Waals surface area contributed by atoms with Crippen LogP contribution >= 0.6 is 0 Å². The van der Waals surface area contributed by atoms with Gasteiger partial charge in [-0.1, -0.05) is 119 Å². The number of ether oxygens (including phenoxy) is 10. The van der Waals surface area contributed by atoms with Crippen LogP contribution in [0.1, 0.15) is 91.1 Å². The molecule has 0 spiro atoms. The summed E-state index contributed by atoms with van der Waals surface area (Å²) >= 11 is 0. The number of imide groups is 1. The summed E-state index contributed by atoms with van der Waals surface area (Å²) in [4.78, 5) is 27.6. The first kappa shape index (κ1) is 53.8. The van der Waals surface area contributed by atoms with Gasteiger partial charge < -0.3 is 47.4 Å². The SMILES string of the molecule is C=CCOCC(COCC(COCC(COCC(COCC(CN1C(=O)c2ccccc2C1=O)OCCCC)OCc1ccccc1)OCc1ccccc1)OCCCC)OCCCC. The molecule has 4 rings (SSSR count). The number of amides is 2. The predicted molar refractivity (Wildman–Crippen MR) is 250 cm³/mol. The van der Waals surface area contributed by atoms with Crippen LogP contribution in [-0.2, 0) is 60.6 Å². The topological polar surface area (TPSA) is 130 Å². The summed E-state index contributed by atoms with van der Waals surface area (Å²) < 4.78 is 61.8. The van der Waals surface area contributed by atoms with Gasteiger partial charge in [-0.15, -0.1) is 6.58 Å². The van der Waals surface area contributed by atoms with Gasteiger partial charge in [0.15, 0.2) is 0 Å². The van der Waals surface area contributed by atoms with Gasteiger partial charge in [-0.05, 0) is 42.5 Å². The number of fused-ring (bicyclic) bond motifs is 1. The third-order valence-electron chi connectivity index (χ3n) is 10.4. The van der Waals surface area contributed by atoms with Crippen LogP contribution in [-0.4, -0.2) is 140 Å². The third-order valence-corrected chi connectivity index (χ3v) is 10.4. The fourth-order valence-corrected chi connectivity index (χ4v) is 6.71. The lowest BCUT2D eigenvalue weighted by molar-refractivity contribution is -0.121. The minimum atomic E-state index is -0.524. The smallest absolute Gasteiger partial charge is 0.261 e. The van der Waals surface area contributed by atoms with Gasteiger partial charge in [0.25, 0.3) is 11.8 Å². The molecule has 3 aromatic carbocycles. The zero-order chi connectivity index (χ0) is 46.2. The molecule has 1 aliphatic heterocycles. The van der Waals surface area contributed by atoms with Crippen molar-refractivity contribution < 1.29 is 57.0 Å². The second kappa shape index (κ2) is 33.6. The van der Waals surface area contributed by atoms with Crippen LogP contribution in [0.25, 0.3) is 0 Å². The van der Waals surface area contributed by atoms with Crippen molar-refractivity contribution in [2.24, 2.45) is 0 Å². The average Bonchev–Trinajstić information content (AvgIpc) is 3.57. The lowest BCUT2D eigenvalue weighted by atomic mass is 10.1. The minimum absolute atomic E-state index is 0.0815. The highest BCUT2D eigenvalue weighted by molar-refractivity contribution is 6.21. The Bertz CT molecular complexity index is 1660. The Morgan fingerprint density at radius 3 is 1.18 bits per heavy atom. The van der Waals surface area contributed by atoms with E-state index in [1.807, 2.05) is 60.7 Å². The van der Waals surface area contributed by atoms with E-state index in [1.165, 1.54) is 4.90 Å². The van der Waals surface area contributed by atoms with E-state index < -0.39 is 18.3 Å². The van der Waals surface area contributed by atoms with Crippen LogP contribution in [0.3, 0.4) is 0 Å². The summed E-state index contributed by atoms with van der Waals surface area (Å²) in [7, 11) is 0. The molecule has 0 aromatic heterocycles. The zero-order valence-corrected chi connectivity index (χ0v) is 39.2. The molecule has 0 bridgehead atoms. The lowest BCUT2D eigenvalue weighted by Gasteiger charge is -2.25. The van der Waals surface area contributed by atoms with Crippen LogP contribution in [0.2, 0.25) is 0 Å². The second-order valence-corrected chi connectivity index (χ2v) is 16.1. The third kappa shape index (κ3) is 21.5. The predicted octanol–water partition coefficient (Wildman–Crippen LogP) is 8.28. The zero-order valence-electron chi connectivity index (χ0n) is 39.2. The Balaban J connectivity index is 1.35. The fourth-order valence-electron chi connectivity index (χ4n) is 6.71. The van der Waals surface area contributed by atoms with E-state index >= 15 is 0 Å². The molecule has 0 saturated heterocycles. The van der Waals surface area contributed by atoms with Gasteiger partial charge in [0.05, 0.1) is 103 Å². The van der Waals surface area contributed by atoms with Gasteiger partial charge in [0.2, 0.25) is 0 Å². The van der Waals surface area contributed by atoms with E-state index in [0.717, 1.165) is 49.7 Å². The molecule has 0 saturated carbocycles. The van der Waals surface area contributed by atoms with Crippen molar-refractivity contribution in [2.45, 2.75) is 103 Å². The van der Waals surface area contributed by atoms with Crippen molar-refractivity contribution in [1.29, 1.82) is 0 Å². The molecule has 5 unspecified atom stereocenters. The number of carbonyl (C=O) groups excluding carboxylic acids is 2. The summed E-state index contributed by atoms with van der Waals surface area (Å²) in [6, 6.07) is 26.8. The number of benzene rings is 3. The van der Waals surface area contributed by atoms with Gasteiger partial charge in [-0.3, -0.25) is 14.5 Å². The van der Waals surface area contributed by atoms with Crippen molar-refractivity contribution in [3.05, 3.63) is 120 Å². The molecule has 3 aromatic rings. The van der Waals surface area contributed by atoms with Crippen LogP contribution in [0.4, 0.5) is 0 Å². The monoisotopic (exact) mass is 906 g/mol. The summed E-state index contributed by atoms with van der Waals surface area (Å²) in [5.41, 5.74) is 2.86. The normalized spacial score (nSPS) is 14.9. The van der Waals surface area contributed by atoms with E-state index in [9.17, 15) is 9.59 Å². The molecular formula is C52H75NO12. The first-order chi connectivity index (χ1) is 31.9. The fraction of sp³-hybridized carbons (Fsp3) is 0.577. The molecule has 1 heterocycles. The van der Waals surface area contributed by atoms with E-state index in [0.29, 0.717) is 77.2 Å². The van der Waals surface area contributed by atoms with Crippen molar-refractivity contribution in [2.75, 3.05) is 92.4 Å². The van der Waals surface area contributed by atoms with Crippen LogP contribution in [0.15, 0.2) is 97.6 Å². The quantitative estimate of drug-likeness (QED) is 0.0310. The van der Waals surface area contributed by atoms with Crippen molar-refractivity contribution in [3.63, 3.8) is 0 Å². The molecule has 0 N–H and O–H groups in total. The van der Waals surface area contributed by atoms with Gasteiger partial charge in [-0.2, -0.15) is 0 Å². The van der Waals surface area contributed by atoms with E-state index in [1.54, 1.807) is 30.3 Å². The van der Waals surface area contributed by atoms with Crippen molar-refractivity contribution in [3.8, 4) is 0 Å². The van der Waals surface area contributed by atoms with Crippen LogP contribution in [0, 0.1) is 0 Å². The van der Waals surface area contributed by atoms with Gasteiger partial charge in [0.1, 0.15) is 24.4 Å². The molecule has 360 valence electrons. The maximum atomic E-state index is 13.2. The second-order valence-electron chi connectivity index (χ2n) is 16.1. The molecule has 13 nitrogen and oxygen atoms in total. The summed E-state index contributed by atoms with van der Waals surface area (Å²) in [6.45, 7) is 15.6. The maximum Gasteiger partial charge on any atom is 0.261 e. The molecule has 65 heavy (non-hydrogen) atoms. The molecule has 0 fully saturated rings. The van der Waals surface area contributed by atoms with Gasteiger partial charge in [-0.25, -0.2) is 0 Å². The van der Waals surface area contributed by atoms with Gasteiger partial charge >= 0.3 is 0 Å². The number of rotatable bonds is 40. The Morgan fingerprint density at radius 1 is 0.462 bits per heavy atom. The summed E-state index contributed by atoms with van der Waals surface area (Å²) in [5.74, 6) is -0.647. The molecule has 13 heteroatoms. The number of unbranched alkanes of at least 4 members (excludes halogenated alkanes) is 3. The first-order valence-electron chi connectivity index (χ1n) is 23.6. The molecule has 2 amide bonds. The molecule has 5 atom stereocenters.